The molecule has 0 saturated carbocycles. The van der Waals surface area contributed by atoms with Crippen molar-refractivity contribution in [2.24, 2.45) is 0 Å². The van der Waals surface area contributed by atoms with E-state index >= 15 is 0 Å². The first-order valence-corrected chi connectivity index (χ1v) is 8.43. The maximum atomic E-state index is 5.55. The molecular formula is C6H12Cl2KO2PS2. The van der Waals surface area contributed by atoms with Gasteiger partial charge in [0.25, 0.3) is 0 Å². The monoisotopic (exact) mass is 320 g/mol. The van der Waals surface area contributed by atoms with E-state index in [2.05, 4.69) is 0 Å². The summed E-state index contributed by atoms with van der Waals surface area (Å²) in [5.41, 5.74) is -2.59. The Morgan fingerprint density at radius 3 is 1.71 bits per heavy atom. The van der Waals surface area contributed by atoms with Crippen LogP contribution in [0.25, 0.3) is 0 Å². The van der Waals surface area contributed by atoms with Gasteiger partial charge >= 0.3 is 51.4 Å². The average molecular weight is 321 g/mol. The van der Waals surface area contributed by atoms with Gasteiger partial charge in [0, 0.05) is 11.8 Å². The Labute approximate surface area is 149 Å². The first-order chi connectivity index (χ1) is 5.91. The molecule has 0 aliphatic heterocycles. The molecular weight excluding hydrogens is 309 g/mol. The first-order valence-electron chi connectivity index (χ1n) is 3.71. The van der Waals surface area contributed by atoms with Crippen molar-refractivity contribution in [3.8, 4) is 0 Å². The molecule has 0 fully saturated rings. The maximum absolute atomic E-state index is 5.55. The molecule has 0 aromatic rings. The minimum atomic E-state index is -2.59. The van der Waals surface area contributed by atoms with Crippen LogP contribution in [0, 0.1) is 0 Å². The Balaban J connectivity index is 0. The zero-order chi connectivity index (χ0) is 10.5. The van der Waals surface area contributed by atoms with Crippen molar-refractivity contribution in [1.82, 2.24) is 0 Å². The summed E-state index contributed by atoms with van der Waals surface area (Å²) >= 11 is 21.1. The minimum absolute atomic E-state index is 0. The number of hydrogen-bond donors (Lipinski definition) is 0. The number of alkyl halides is 2. The van der Waals surface area contributed by atoms with Gasteiger partial charge in [0.05, 0.1) is 17.9 Å². The van der Waals surface area contributed by atoms with E-state index in [9.17, 15) is 0 Å². The SMILES string of the molecule is CC(CCl)OP(=S)([S-])OC(C)CCl.[K+]. The Morgan fingerprint density at radius 2 is 1.50 bits per heavy atom. The van der Waals surface area contributed by atoms with Crippen LogP contribution in [-0.4, -0.2) is 24.0 Å². The molecule has 2 nitrogen and oxygen atoms in total. The van der Waals surface area contributed by atoms with Crippen LogP contribution in [0.5, 0.6) is 0 Å². The van der Waals surface area contributed by atoms with E-state index in [1.807, 2.05) is 0 Å². The van der Waals surface area contributed by atoms with Gasteiger partial charge in [0.15, 0.2) is 0 Å². The molecule has 8 heteroatoms. The molecule has 2 unspecified atom stereocenters. The van der Waals surface area contributed by atoms with Gasteiger partial charge in [-0.15, -0.1) is 23.2 Å². The Kier molecular flexibility index (Phi) is 14.0. The van der Waals surface area contributed by atoms with Crippen LogP contribution in [0.3, 0.4) is 0 Å². The fourth-order valence-electron chi connectivity index (χ4n) is 0.522. The third-order valence-corrected chi connectivity index (χ3v) is 4.19. The summed E-state index contributed by atoms with van der Waals surface area (Å²) in [6.45, 7) is 3.60. The van der Waals surface area contributed by atoms with Gasteiger partial charge in [0.2, 0.25) is 0 Å². The summed E-state index contributed by atoms with van der Waals surface area (Å²) in [7, 11) is 0. The van der Waals surface area contributed by atoms with Crippen LogP contribution in [-0.2, 0) is 33.1 Å². The minimum Gasteiger partial charge on any atom is -0.691 e. The largest absolute Gasteiger partial charge is 1.00 e. The average Bonchev–Trinajstić information content (AvgIpc) is 2.02. The maximum Gasteiger partial charge on any atom is 1.00 e. The van der Waals surface area contributed by atoms with Gasteiger partial charge in [-0.2, -0.15) is 0 Å². The third kappa shape index (κ3) is 10.3. The summed E-state index contributed by atoms with van der Waals surface area (Å²) in [4.78, 5) is 0. The molecule has 0 aliphatic carbocycles. The second-order valence-corrected chi connectivity index (χ2v) is 8.10. The van der Waals surface area contributed by atoms with Crippen LogP contribution in [0.4, 0.5) is 0 Å². The van der Waals surface area contributed by atoms with E-state index in [-0.39, 0.29) is 63.6 Å². The second-order valence-electron chi connectivity index (χ2n) is 2.59. The molecule has 0 aromatic carbocycles. The zero-order valence-corrected chi connectivity index (χ0v) is 15.6. The quantitative estimate of drug-likeness (QED) is 0.298. The van der Waals surface area contributed by atoms with E-state index in [1.54, 1.807) is 13.8 Å². The van der Waals surface area contributed by atoms with Crippen LogP contribution >= 0.6 is 28.9 Å². The third-order valence-electron chi connectivity index (χ3n) is 1.05. The topological polar surface area (TPSA) is 18.5 Å². The van der Waals surface area contributed by atoms with Crippen molar-refractivity contribution in [2.75, 3.05) is 11.8 Å². The fraction of sp³-hybridized carbons (Fsp3) is 1.00. The second kappa shape index (κ2) is 10.1. The van der Waals surface area contributed by atoms with Crippen molar-refractivity contribution in [3.63, 3.8) is 0 Å². The number of rotatable bonds is 6. The number of halogens is 2. The molecule has 0 aliphatic rings. The van der Waals surface area contributed by atoms with Crippen LogP contribution in [0.15, 0.2) is 0 Å². The molecule has 0 N–H and O–H groups in total. The fourth-order valence-corrected chi connectivity index (χ4v) is 3.67. The normalized spacial score (nSPS) is 19.2. The van der Waals surface area contributed by atoms with E-state index in [1.165, 1.54) is 0 Å². The summed E-state index contributed by atoms with van der Waals surface area (Å²) in [6, 6.07) is 0. The van der Waals surface area contributed by atoms with Gasteiger partial charge in [-0.3, -0.25) is 0 Å². The molecule has 80 valence electrons. The molecule has 0 saturated heterocycles. The molecule has 14 heavy (non-hydrogen) atoms. The van der Waals surface area contributed by atoms with Crippen LogP contribution in [0.2, 0.25) is 0 Å². The van der Waals surface area contributed by atoms with E-state index in [0.29, 0.717) is 11.8 Å². The summed E-state index contributed by atoms with van der Waals surface area (Å²) in [5.74, 6) is 0.710. The van der Waals surface area contributed by atoms with Gasteiger partial charge in [-0.05, 0) is 13.8 Å². The predicted octanol–water partition coefficient (Wildman–Crippen LogP) is 0.0496. The summed E-state index contributed by atoms with van der Waals surface area (Å²) < 4.78 is 10.6. The Bertz CT molecular complexity index is 183. The molecule has 0 bridgehead atoms. The van der Waals surface area contributed by atoms with Crippen LogP contribution in [0.1, 0.15) is 13.8 Å². The van der Waals surface area contributed by atoms with Crippen molar-refractivity contribution in [2.45, 2.75) is 26.1 Å². The van der Waals surface area contributed by atoms with Crippen LogP contribution < -0.4 is 51.4 Å². The predicted molar refractivity (Wildman–Crippen MR) is 64.2 cm³/mol. The first kappa shape index (κ1) is 19.5. The molecule has 0 rings (SSSR count). The van der Waals surface area contributed by atoms with Gasteiger partial charge < -0.3 is 21.3 Å². The molecule has 0 radical (unpaired) electrons. The number of hydrogen-bond acceptors (Lipinski definition) is 4. The molecule has 0 heterocycles. The van der Waals surface area contributed by atoms with Crippen molar-refractivity contribution in [3.05, 3.63) is 0 Å². The summed E-state index contributed by atoms with van der Waals surface area (Å²) in [5, 5.41) is 0. The standard InChI is InChI=1S/C6H13Cl2O2PS2.K/c1-5(3-7)9-11(12,13)10-6(2)4-8;/h5-6H,3-4H2,1-2H3,(H,12,13);/q;+1/p-1. The van der Waals surface area contributed by atoms with Gasteiger partial charge in [-0.1, -0.05) is 11.8 Å². The Morgan fingerprint density at radius 1 is 1.21 bits per heavy atom. The van der Waals surface area contributed by atoms with E-state index in [0.717, 1.165) is 0 Å². The molecule has 0 spiro atoms. The Hall–Kier alpha value is 3.14. The van der Waals surface area contributed by atoms with E-state index in [4.69, 9.17) is 56.3 Å². The van der Waals surface area contributed by atoms with Gasteiger partial charge in [-0.25, -0.2) is 0 Å². The smallest absolute Gasteiger partial charge is 0.691 e. The van der Waals surface area contributed by atoms with Crippen molar-refractivity contribution < 1.29 is 60.4 Å². The molecule has 0 aromatic heterocycles. The summed E-state index contributed by atoms with van der Waals surface area (Å²) in [6.07, 6.45) is -0.347. The zero-order valence-electron chi connectivity index (χ0n) is 8.41. The van der Waals surface area contributed by atoms with Crippen molar-refractivity contribution in [1.29, 1.82) is 0 Å². The van der Waals surface area contributed by atoms with E-state index < -0.39 is 5.69 Å². The van der Waals surface area contributed by atoms with Crippen molar-refractivity contribution >= 4 is 53.0 Å². The molecule has 0 amide bonds. The van der Waals surface area contributed by atoms with Gasteiger partial charge in [0.1, 0.15) is 0 Å². The molecule has 2 atom stereocenters.